The van der Waals surface area contributed by atoms with Crippen LogP contribution in [0.1, 0.15) is 24.4 Å². The predicted molar refractivity (Wildman–Crippen MR) is 131 cm³/mol. The normalized spacial score (nSPS) is 17.9. The van der Waals surface area contributed by atoms with E-state index in [1.165, 1.54) is 45.9 Å². The van der Waals surface area contributed by atoms with E-state index in [2.05, 4.69) is 10.4 Å². The monoisotopic (exact) mass is 508 g/mol. The number of carbonyl (C=O) groups is 1. The summed E-state index contributed by atoms with van der Waals surface area (Å²) >= 11 is 0. The van der Waals surface area contributed by atoms with Crippen LogP contribution in [0.5, 0.6) is 0 Å². The Hall–Kier alpha value is -4.12. The molecule has 0 saturated carbocycles. The lowest BCUT2D eigenvalue weighted by molar-refractivity contribution is 0.0309. The topological polar surface area (TPSA) is 86.0 Å². The Labute approximate surface area is 210 Å². The molecular formula is C26H23F3N6O2. The van der Waals surface area contributed by atoms with Crippen molar-refractivity contribution in [3.05, 3.63) is 77.9 Å². The fourth-order valence-electron chi connectivity index (χ4n) is 5.05. The van der Waals surface area contributed by atoms with E-state index in [0.29, 0.717) is 41.2 Å². The molecule has 8 nitrogen and oxygen atoms in total. The van der Waals surface area contributed by atoms with Crippen LogP contribution in [0, 0.1) is 17.5 Å². The number of anilines is 2. The lowest BCUT2D eigenvalue weighted by atomic mass is 9.93. The number of hydrogen-bond donors (Lipinski definition) is 2. The molecule has 1 atom stereocenters. The number of halogens is 3. The third-order valence-corrected chi connectivity index (χ3v) is 6.91. The third-order valence-electron chi connectivity index (χ3n) is 6.91. The van der Waals surface area contributed by atoms with Gasteiger partial charge in [-0.25, -0.2) is 27.5 Å². The molecule has 2 fully saturated rings. The molecule has 0 spiro atoms. The summed E-state index contributed by atoms with van der Waals surface area (Å²) in [6.45, 7) is 1.15. The molecule has 0 aliphatic carbocycles. The van der Waals surface area contributed by atoms with Crippen LogP contribution in [0.3, 0.4) is 0 Å². The minimum absolute atomic E-state index is 0.0714. The first-order chi connectivity index (χ1) is 17.9. The number of likely N-dealkylation sites (tertiary alicyclic amines) is 1. The van der Waals surface area contributed by atoms with E-state index >= 15 is 0 Å². The molecule has 2 aliphatic heterocycles. The van der Waals surface area contributed by atoms with E-state index in [9.17, 15) is 23.1 Å². The molecule has 190 valence electrons. The molecular weight excluding hydrogens is 485 g/mol. The summed E-state index contributed by atoms with van der Waals surface area (Å²) in [5, 5.41) is 16.5. The van der Waals surface area contributed by atoms with Crippen molar-refractivity contribution in [2.24, 2.45) is 0 Å². The van der Waals surface area contributed by atoms with E-state index in [1.54, 1.807) is 12.3 Å². The van der Waals surface area contributed by atoms with E-state index in [1.807, 2.05) is 4.90 Å². The van der Waals surface area contributed by atoms with E-state index in [-0.39, 0.29) is 30.7 Å². The quantitative estimate of drug-likeness (QED) is 0.428. The first-order valence-corrected chi connectivity index (χ1v) is 12.0. The van der Waals surface area contributed by atoms with Crippen molar-refractivity contribution in [3.63, 3.8) is 0 Å². The van der Waals surface area contributed by atoms with E-state index in [0.717, 1.165) is 12.5 Å². The zero-order chi connectivity index (χ0) is 25.7. The fraction of sp³-hybridized carbons (Fsp3) is 0.269. The zero-order valence-electron chi connectivity index (χ0n) is 19.6. The SMILES string of the molecule is O=C(Nc1cnn2ccc(N3CCC[C@@H]3c3cc(F)ccc3-c3cccc(F)c3F)nc12)N1CC(O)C1. The third kappa shape index (κ3) is 4.14. The molecule has 4 heterocycles. The van der Waals surface area contributed by atoms with Crippen LogP contribution in [0.2, 0.25) is 0 Å². The highest BCUT2D eigenvalue weighted by Gasteiger charge is 2.32. The summed E-state index contributed by atoms with van der Waals surface area (Å²) in [5.74, 6) is -1.83. The van der Waals surface area contributed by atoms with Gasteiger partial charge in [-0.3, -0.25) is 0 Å². The number of aromatic nitrogens is 3. The lowest BCUT2D eigenvalue weighted by Gasteiger charge is -2.35. The first-order valence-electron chi connectivity index (χ1n) is 12.0. The number of rotatable bonds is 4. The second kappa shape index (κ2) is 9.07. The maximum atomic E-state index is 14.7. The molecule has 0 radical (unpaired) electrons. The molecule has 2 amide bonds. The Morgan fingerprint density at radius 1 is 1.08 bits per heavy atom. The summed E-state index contributed by atoms with van der Waals surface area (Å²) in [6.07, 6.45) is 4.16. The van der Waals surface area contributed by atoms with Gasteiger partial charge in [0.05, 0.1) is 31.4 Å². The summed E-state index contributed by atoms with van der Waals surface area (Å²) < 4.78 is 44.7. The van der Waals surface area contributed by atoms with Crippen molar-refractivity contribution in [1.82, 2.24) is 19.5 Å². The molecule has 0 unspecified atom stereocenters. The minimum atomic E-state index is -0.978. The van der Waals surface area contributed by atoms with Gasteiger partial charge in [-0.2, -0.15) is 5.10 Å². The summed E-state index contributed by atoms with van der Waals surface area (Å²) in [6, 6.07) is 9.15. The Bertz CT molecular complexity index is 1500. The Morgan fingerprint density at radius 2 is 1.92 bits per heavy atom. The molecule has 11 heteroatoms. The standard InChI is InChI=1S/C26H23F3N6O2/c27-15-6-7-17(18-3-1-4-20(28)24(18)29)19(11-15)22-5-2-9-34(22)23-8-10-35-25(32-23)21(12-30-35)31-26(37)33-13-16(36)14-33/h1,3-4,6-8,10-12,16,22,36H,2,5,9,13-14H2,(H,31,37)/t22-/m1/s1. The average Bonchev–Trinajstić information content (AvgIpc) is 3.51. The summed E-state index contributed by atoms with van der Waals surface area (Å²) in [5.41, 5.74) is 1.88. The van der Waals surface area contributed by atoms with Gasteiger partial charge in [0.1, 0.15) is 17.3 Å². The lowest BCUT2D eigenvalue weighted by Crippen LogP contribution is -2.54. The van der Waals surface area contributed by atoms with Crippen LogP contribution in [0.4, 0.5) is 29.5 Å². The number of aliphatic hydroxyl groups is 1. The Kier molecular flexibility index (Phi) is 5.71. The van der Waals surface area contributed by atoms with Crippen LogP contribution < -0.4 is 10.2 Å². The number of benzene rings is 2. The van der Waals surface area contributed by atoms with Gasteiger partial charge in [0.25, 0.3) is 0 Å². The smallest absolute Gasteiger partial charge is 0.322 e. The number of β-amino-alcohol motifs (C(OH)–C–C–N with tert-alkyl or cyclic N) is 1. The number of aliphatic hydroxyl groups excluding tert-OH is 1. The Balaban J connectivity index is 1.35. The molecule has 2 aliphatic rings. The number of hydrogen-bond acceptors (Lipinski definition) is 5. The number of nitrogens with one attached hydrogen (secondary N) is 1. The molecule has 6 rings (SSSR count). The number of amides is 2. The van der Waals surface area contributed by atoms with Crippen LogP contribution >= 0.6 is 0 Å². The minimum Gasteiger partial charge on any atom is -0.389 e. The van der Waals surface area contributed by atoms with Crippen molar-refractivity contribution in [1.29, 1.82) is 0 Å². The van der Waals surface area contributed by atoms with Gasteiger partial charge in [-0.15, -0.1) is 0 Å². The van der Waals surface area contributed by atoms with E-state index in [4.69, 9.17) is 4.98 Å². The van der Waals surface area contributed by atoms with Gasteiger partial charge < -0.3 is 20.2 Å². The highest BCUT2D eigenvalue weighted by molar-refractivity contribution is 5.93. The second-order valence-electron chi connectivity index (χ2n) is 9.29. The van der Waals surface area contributed by atoms with E-state index < -0.39 is 23.6 Å². The van der Waals surface area contributed by atoms with Gasteiger partial charge in [0.2, 0.25) is 0 Å². The van der Waals surface area contributed by atoms with Gasteiger partial charge in [-0.1, -0.05) is 18.2 Å². The van der Waals surface area contributed by atoms with Crippen LogP contribution in [0.15, 0.2) is 54.9 Å². The molecule has 4 aromatic rings. The Morgan fingerprint density at radius 3 is 2.73 bits per heavy atom. The maximum Gasteiger partial charge on any atom is 0.322 e. The summed E-state index contributed by atoms with van der Waals surface area (Å²) in [4.78, 5) is 20.7. The second-order valence-corrected chi connectivity index (χ2v) is 9.29. The number of fused-ring (bicyclic) bond motifs is 1. The van der Waals surface area contributed by atoms with Gasteiger partial charge >= 0.3 is 6.03 Å². The van der Waals surface area contributed by atoms with Gasteiger partial charge in [0.15, 0.2) is 17.3 Å². The largest absolute Gasteiger partial charge is 0.389 e. The van der Waals surface area contributed by atoms with Gasteiger partial charge in [0, 0.05) is 18.3 Å². The molecule has 2 aromatic heterocycles. The van der Waals surface area contributed by atoms with Crippen LogP contribution in [0.25, 0.3) is 16.8 Å². The predicted octanol–water partition coefficient (Wildman–Crippen LogP) is 4.36. The van der Waals surface area contributed by atoms with Crippen LogP contribution in [-0.2, 0) is 0 Å². The fourth-order valence-corrected chi connectivity index (χ4v) is 5.05. The molecule has 2 saturated heterocycles. The van der Waals surface area contributed by atoms with Crippen molar-refractivity contribution in [3.8, 4) is 11.1 Å². The number of carbonyl (C=O) groups excluding carboxylic acids is 1. The number of nitrogens with zero attached hydrogens (tertiary/aromatic N) is 5. The zero-order valence-corrected chi connectivity index (χ0v) is 19.6. The van der Waals surface area contributed by atoms with Crippen molar-refractivity contribution in [2.45, 2.75) is 25.0 Å². The maximum absolute atomic E-state index is 14.7. The number of urea groups is 1. The average molecular weight is 509 g/mol. The molecule has 2 aromatic carbocycles. The van der Waals surface area contributed by atoms with Gasteiger partial charge in [-0.05, 0) is 48.2 Å². The van der Waals surface area contributed by atoms with Crippen LogP contribution in [-0.4, -0.2) is 56.4 Å². The summed E-state index contributed by atoms with van der Waals surface area (Å²) in [7, 11) is 0. The highest BCUT2D eigenvalue weighted by atomic mass is 19.2. The van der Waals surface area contributed by atoms with Crippen molar-refractivity contribution in [2.75, 3.05) is 29.9 Å². The first kappa shape index (κ1) is 23.3. The molecule has 2 N–H and O–H groups in total. The van der Waals surface area contributed by atoms with Crippen molar-refractivity contribution >= 4 is 23.2 Å². The molecule has 0 bridgehead atoms. The van der Waals surface area contributed by atoms with Crippen molar-refractivity contribution < 1.29 is 23.1 Å². The molecule has 37 heavy (non-hydrogen) atoms. The highest BCUT2D eigenvalue weighted by Crippen LogP contribution is 2.41.